The van der Waals surface area contributed by atoms with Crippen LogP contribution in [0.5, 0.6) is 0 Å². The maximum Gasteiger partial charge on any atom is 0.0640 e. The highest BCUT2D eigenvalue weighted by atomic mass is 35.5. The van der Waals surface area contributed by atoms with Gasteiger partial charge in [-0.25, -0.2) is 0 Å². The second kappa shape index (κ2) is 10.4. The van der Waals surface area contributed by atoms with Crippen molar-refractivity contribution >= 4 is 23.2 Å². The Balaban J connectivity index is 2.69. The molecule has 120 valence electrons. The number of hydrogen-bond donors (Lipinski definition) is 1. The van der Waals surface area contributed by atoms with E-state index >= 15 is 0 Å². The lowest BCUT2D eigenvalue weighted by atomic mass is 10.0. The molecule has 4 heteroatoms. The van der Waals surface area contributed by atoms with Crippen LogP contribution in [-0.2, 0) is 0 Å². The minimum absolute atomic E-state index is 0.264. The van der Waals surface area contributed by atoms with Crippen molar-refractivity contribution in [2.45, 2.75) is 45.6 Å². The van der Waals surface area contributed by atoms with Crippen molar-refractivity contribution in [3.63, 3.8) is 0 Å². The Morgan fingerprint density at radius 3 is 2.57 bits per heavy atom. The van der Waals surface area contributed by atoms with Crippen molar-refractivity contribution < 1.29 is 0 Å². The van der Waals surface area contributed by atoms with E-state index in [1.54, 1.807) is 0 Å². The zero-order chi connectivity index (χ0) is 15.7. The van der Waals surface area contributed by atoms with Crippen molar-refractivity contribution in [2.75, 3.05) is 26.7 Å². The van der Waals surface area contributed by atoms with Gasteiger partial charge in [-0.1, -0.05) is 55.6 Å². The van der Waals surface area contributed by atoms with Crippen molar-refractivity contribution in [2.24, 2.45) is 0 Å². The van der Waals surface area contributed by atoms with Gasteiger partial charge >= 0.3 is 0 Å². The van der Waals surface area contributed by atoms with E-state index < -0.39 is 0 Å². The zero-order valence-corrected chi connectivity index (χ0v) is 15.0. The van der Waals surface area contributed by atoms with Gasteiger partial charge in [-0.2, -0.15) is 0 Å². The molecule has 1 atom stereocenters. The van der Waals surface area contributed by atoms with E-state index in [0.717, 1.165) is 38.0 Å². The Morgan fingerprint density at radius 2 is 1.90 bits per heavy atom. The Kier molecular flexibility index (Phi) is 9.34. The predicted molar refractivity (Wildman–Crippen MR) is 94.5 cm³/mol. The van der Waals surface area contributed by atoms with Gasteiger partial charge in [-0.15, -0.1) is 0 Å². The van der Waals surface area contributed by atoms with Gasteiger partial charge in [0.2, 0.25) is 0 Å². The molecule has 0 aromatic heterocycles. The van der Waals surface area contributed by atoms with Gasteiger partial charge < -0.3 is 10.2 Å². The summed E-state index contributed by atoms with van der Waals surface area (Å²) in [6.07, 6.45) is 4.64. The molecule has 0 fully saturated rings. The van der Waals surface area contributed by atoms with Crippen molar-refractivity contribution in [3.05, 3.63) is 33.8 Å². The summed E-state index contributed by atoms with van der Waals surface area (Å²) < 4.78 is 0. The molecule has 0 radical (unpaired) electrons. The van der Waals surface area contributed by atoms with E-state index in [1.165, 1.54) is 12.8 Å². The number of hydrogen-bond acceptors (Lipinski definition) is 2. The Hall–Kier alpha value is -0.280. The van der Waals surface area contributed by atoms with E-state index in [4.69, 9.17) is 23.2 Å². The van der Waals surface area contributed by atoms with Crippen molar-refractivity contribution in [3.8, 4) is 0 Å². The summed E-state index contributed by atoms with van der Waals surface area (Å²) in [7, 11) is 2.19. The van der Waals surface area contributed by atoms with E-state index in [0.29, 0.717) is 10.0 Å². The van der Waals surface area contributed by atoms with Gasteiger partial charge in [0.15, 0.2) is 0 Å². The van der Waals surface area contributed by atoms with Crippen LogP contribution < -0.4 is 5.32 Å². The maximum absolute atomic E-state index is 6.38. The number of unbranched alkanes of at least 4 members (excludes halogenated alkanes) is 1. The van der Waals surface area contributed by atoms with Crippen LogP contribution in [-0.4, -0.2) is 31.6 Å². The summed E-state index contributed by atoms with van der Waals surface area (Å²) in [4.78, 5) is 2.39. The molecule has 0 aliphatic rings. The van der Waals surface area contributed by atoms with Gasteiger partial charge in [-0.05, 0) is 57.6 Å². The molecule has 1 aromatic carbocycles. The number of rotatable bonds is 10. The van der Waals surface area contributed by atoms with Crippen LogP contribution in [0.15, 0.2) is 18.2 Å². The fourth-order valence-corrected chi connectivity index (χ4v) is 2.80. The Labute approximate surface area is 139 Å². The van der Waals surface area contributed by atoms with Crippen LogP contribution in [0.1, 0.15) is 51.1 Å². The third kappa shape index (κ3) is 6.56. The van der Waals surface area contributed by atoms with Crippen LogP contribution in [0.4, 0.5) is 0 Å². The van der Waals surface area contributed by atoms with E-state index in [2.05, 4.69) is 37.2 Å². The van der Waals surface area contributed by atoms with Crippen LogP contribution in [0, 0.1) is 0 Å². The minimum atomic E-state index is 0.264. The molecular formula is C17H28Cl2N2. The van der Waals surface area contributed by atoms with Crippen LogP contribution in [0.2, 0.25) is 10.0 Å². The predicted octanol–water partition coefficient (Wildman–Crippen LogP) is 5.16. The third-order valence-corrected chi connectivity index (χ3v) is 4.52. The number of halogens is 2. The lowest BCUT2D eigenvalue weighted by Crippen LogP contribution is -2.28. The van der Waals surface area contributed by atoms with E-state index in [-0.39, 0.29) is 6.04 Å². The summed E-state index contributed by atoms with van der Waals surface area (Å²) in [5.41, 5.74) is 1.11. The van der Waals surface area contributed by atoms with Gasteiger partial charge in [0, 0.05) is 6.04 Å². The highest BCUT2D eigenvalue weighted by Crippen LogP contribution is 2.31. The molecule has 0 saturated carbocycles. The number of benzene rings is 1. The highest BCUT2D eigenvalue weighted by molar-refractivity contribution is 6.42. The molecule has 0 bridgehead atoms. The maximum atomic E-state index is 6.38. The molecule has 21 heavy (non-hydrogen) atoms. The first kappa shape index (κ1) is 18.8. The van der Waals surface area contributed by atoms with Crippen molar-refractivity contribution in [1.82, 2.24) is 10.2 Å². The van der Waals surface area contributed by atoms with Gasteiger partial charge in [-0.3, -0.25) is 0 Å². The minimum Gasteiger partial charge on any atom is -0.310 e. The fraction of sp³-hybridized carbons (Fsp3) is 0.647. The average molecular weight is 331 g/mol. The summed E-state index contributed by atoms with van der Waals surface area (Å²) in [5.74, 6) is 0. The average Bonchev–Trinajstić information content (AvgIpc) is 2.48. The lowest BCUT2D eigenvalue weighted by Gasteiger charge is -2.24. The summed E-state index contributed by atoms with van der Waals surface area (Å²) in [6, 6.07) is 6.16. The molecule has 2 nitrogen and oxygen atoms in total. The number of nitrogens with one attached hydrogen (secondary N) is 1. The summed E-state index contributed by atoms with van der Waals surface area (Å²) >= 11 is 12.5. The van der Waals surface area contributed by atoms with Gasteiger partial charge in [0.05, 0.1) is 10.0 Å². The van der Waals surface area contributed by atoms with Crippen LogP contribution in [0.25, 0.3) is 0 Å². The molecule has 0 aliphatic carbocycles. The summed E-state index contributed by atoms with van der Waals surface area (Å²) in [5, 5.41) is 4.92. The molecule has 0 saturated heterocycles. The molecule has 1 aromatic rings. The molecule has 0 amide bonds. The smallest absolute Gasteiger partial charge is 0.0640 e. The fourth-order valence-electron chi connectivity index (χ4n) is 2.37. The Bertz CT molecular complexity index is 410. The molecule has 0 heterocycles. The first-order valence-electron chi connectivity index (χ1n) is 7.96. The lowest BCUT2D eigenvalue weighted by molar-refractivity contribution is 0.303. The van der Waals surface area contributed by atoms with Gasteiger partial charge in [0.1, 0.15) is 0 Å². The van der Waals surface area contributed by atoms with E-state index in [1.807, 2.05) is 12.1 Å². The molecular weight excluding hydrogens is 303 g/mol. The quantitative estimate of drug-likeness (QED) is 0.637. The third-order valence-electron chi connectivity index (χ3n) is 3.69. The normalized spacial score (nSPS) is 12.9. The summed E-state index contributed by atoms with van der Waals surface area (Å²) in [6.45, 7) is 7.61. The Morgan fingerprint density at radius 1 is 1.14 bits per heavy atom. The molecule has 0 aliphatic heterocycles. The monoisotopic (exact) mass is 330 g/mol. The second-order valence-electron chi connectivity index (χ2n) is 5.60. The molecule has 1 rings (SSSR count). The molecule has 1 N–H and O–H groups in total. The second-order valence-corrected chi connectivity index (χ2v) is 6.38. The van der Waals surface area contributed by atoms with Crippen LogP contribution in [0.3, 0.4) is 0 Å². The standard InChI is InChI=1S/C17H28Cl2N2/c1-4-6-12-21(3)13-10-16(20-11-5-2)14-8-7-9-15(18)17(14)19/h7-9,16,20H,4-6,10-13H2,1-3H3. The number of nitrogens with zero attached hydrogens (tertiary/aromatic N) is 1. The molecule has 1 unspecified atom stereocenters. The largest absolute Gasteiger partial charge is 0.310 e. The van der Waals surface area contributed by atoms with Crippen molar-refractivity contribution in [1.29, 1.82) is 0 Å². The molecule has 0 spiro atoms. The SMILES string of the molecule is CCCCN(C)CCC(NCCC)c1cccc(Cl)c1Cl. The first-order chi connectivity index (χ1) is 10.1. The van der Waals surface area contributed by atoms with Gasteiger partial charge in [0.25, 0.3) is 0 Å². The first-order valence-corrected chi connectivity index (χ1v) is 8.71. The topological polar surface area (TPSA) is 15.3 Å². The zero-order valence-electron chi connectivity index (χ0n) is 13.5. The van der Waals surface area contributed by atoms with Crippen LogP contribution >= 0.6 is 23.2 Å². The highest BCUT2D eigenvalue weighted by Gasteiger charge is 2.16. The van der Waals surface area contributed by atoms with E-state index in [9.17, 15) is 0 Å².